The second-order valence-electron chi connectivity index (χ2n) is 1.61. The van der Waals surface area contributed by atoms with E-state index in [0.717, 1.165) is 6.54 Å². The van der Waals surface area contributed by atoms with Crippen LogP contribution < -0.4 is 10.4 Å². The van der Waals surface area contributed by atoms with Crippen molar-refractivity contribution < 1.29 is 15.2 Å². The van der Waals surface area contributed by atoms with Crippen molar-refractivity contribution in [1.29, 1.82) is 0 Å². The molecule has 3 nitrogen and oxygen atoms in total. The van der Waals surface area contributed by atoms with Gasteiger partial charge in [-0.2, -0.15) is 0 Å². The number of carbonyl (C=O) groups excluding carboxylic acids is 1. The number of carboxylic acid groups (broad SMARTS) is 1. The molecule has 0 aliphatic rings. The molecular formula is C5H11NO2. The summed E-state index contributed by atoms with van der Waals surface area (Å²) in [6.45, 7) is 3.56. The molecule has 0 atom stereocenters. The highest BCUT2D eigenvalue weighted by Crippen LogP contribution is 1.62. The molecular weight excluding hydrogens is 106 g/mol. The Kier molecular flexibility index (Phi) is 4.26. The minimum atomic E-state index is -0.963. The number of hydrogen-bond donors (Lipinski definition) is 1. The molecule has 0 saturated heterocycles. The Morgan fingerprint density at radius 3 is 2.75 bits per heavy atom. The van der Waals surface area contributed by atoms with E-state index < -0.39 is 5.97 Å². The van der Waals surface area contributed by atoms with Gasteiger partial charge in [-0.25, -0.2) is 0 Å². The van der Waals surface area contributed by atoms with Gasteiger partial charge in [0.1, 0.15) is 0 Å². The molecule has 2 N–H and O–H groups in total. The van der Waals surface area contributed by atoms with Crippen LogP contribution in [0.1, 0.15) is 13.3 Å². The van der Waals surface area contributed by atoms with Gasteiger partial charge in [-0.05, 0) is 6.92 Å². The van der Waals surface area contributed by atoms with Gasteiger partial charge in [0, 0.05) is 12.4 Å². The van der Waals surface area contributed by atoms with Crippen LogP contribution in [0.25, 0.3) is 0 Å². The highest BCUT2D eigenvalue weighted by molar-refractivity contribution is 5.64. The van der Waals surface area contributed by atoms with Gasteiger partial charge in [0.15, 0.2) is 0 Å². The Balaban J connectivity index is 2.82. The van der Waals surface area contributed by atoms with E-state index in [2.05, 4.69) is 0 Å². The van der Waals surface area contributed by atoms with Gasteiger partial charge >= 0.3 is 0 Å². The molecule has 0 aliphatic heterocycles. The molecule has 0 aromatic heterocycles. The Hall–Kier alpha value is -0.570. The summed E-state index contributed by atoms with van der Waals surface area (Å²) < 4.78 is 0. The first kappa shape index (κ1) is 7.43. The lowest BCUT2D eigenvalue weighted by Crippen LogP contribution is -2.84. The zero-order valence-corrected chi connectivity index (χ0v) is 5.02. The monoisotopic (exact) mass is 117 g/mol. The van der Waals surface area contributed by atoms with E-state index in [-0.39, 0.29) is 6.42 Å². The van der Waals surface area contributed by atoms with Crippen LogP contribution in [0.4, 0.5) is 0 Å². The average molecular weight is 117 g/mol. The Morgan fingerprint density at radius 2 is 2.38 bits per heavy atom. The van der Waals surface area contributed by atoms with E-state index in [1.165, 1.54) is 0 Å². The van der Waals surface area contributed by atoms with Gasteiger partial charge < -0.3 is 15.2 Å². The summed E-state index contributed by atoms with van der Waals surface area (Å²) >= 11 is 0. The summed E-state index contributed by atoms with van der Waals surface area (Å²) in [5, 5.41) is 11.7. The lowest BCUT2D eigenvalue weighted by atomic mass is 10.4. The van der Waals surface area contributed by atoms with Crippen molar-refractivity contribution in [2.24, 2.45) is 0 Å². The lowest BCUT2D eigenvalue weighted by molar-refractivity contribution is -0.651. The molecule has 8 heavy (non-hydrogen) atoms. The number of hydrogen-bond acceptors (Lipinski definition) is 2. The summed E-state index contributed by atoms with van der Waals surface area (Å²) in [7, 11) is 0. The maximum atomic E-state index is 9.74. The Bertz CT molecular complexity index is 72.8. The van der Waals surface area contributed by atoms with Crippen LogP contribution in [-0.4, -0.2) is 19.1 Å². The first-order valence-corrected chi connectivity index (χ1v) is 2.79. The zero-order valence-electron chi connectivity index (χ0n) is 5.02. The third-order valence-corrected chi connectivity index (χ3v) is 0.841. The van der Waals surface area contributed by atoms with Gasteiger partial charge in [-0.3, -0.25) is 0 Å². The van der Waals surface area contributed by atoms with E-state index >= 15 is 0 Å². The quantitative estimate of drug-likeness (QED) is 0.421. The molecule has 0 aromatic carbocycles. The predicted molar refractivity (Wildman–Crippen MR) is 27.0 cm³/mol. The molecule has 0 fully saturated rings. The fourth-order valence-electron chi connectivity index (χ4n) is 0.424. The lowest BCUT2D eigenvalue weighted by Gasteiger charge is -1.97. The van der Waals surface area contributed by atoms with Crippen LogP contribution in [0, 0.1) is 0 Å². The minimum Gasteiger partial charge on any atom is -0.550 e. The van der Waals surface area contributed by atoms with Crippen LogP contribution in [0.2, 0.25) is 0 Å². The SMILES string of the molecule is CC[NH2+]CCC(=O)[O-]. The second kappa shape index (κ2) is 4.59. The van der Waals surface area contributed by atoms with E-state index in [1.54, 1.807) is 0 Å². The van der Waals surface area contributed by atoms with Crippen LogP contribution in [0.5, 0.6) is 0 Å². The summed E-state index contributed by atoms with van der Waals surface area (Å²) in [6.07, 6.45) is 0.161. The van der Waals surface area contributed by atoms with Crippen molar-refractivity contribution in [2.45, 2.75) is 13.3 Å². The molecule has 0 heterocycles. The van der Waals surface area contributed by atoms with E-state index in [9.17, 15) is 9.90 Å². The first-order valence-electron chi connectivity index (χ1n) is 2.79. The van der Waals surface area contributed by atoms with Gasteiger partial charge in [-0.1, -0.05) is 0 Å². The molecule has 0 rings (SSSR count). The second-order valence-corrected chi connectivity index (χ2v) is 1.61. The summed E-state index contributed by atoms with van der Waals surface area (Å²) in [6, 6.07) is 0. The van der Waals surface area contributed by atoms with Crippen molar-refractivity contribution in [3.63, 3.8) is 0 Å². The van der Waals surface area contributed by atoms with Crippen molar-refractivity contribution in [1.82, 2.24) is 0 Å². The van der Waals surface area contributed by atoms with Gasteiger partial charge in [-0.15, -0.1) is 0 Å². The molecule has 0 saturated carbocycles. The van der Waals surface area contributed by atoms with Crippen molar-refractivity contribution in [3.8, 4) is 0 Å². The van der Waals surface area contributed by atoms with Crippen LogP contribution in [0.3, 0.4) is 0 Å². The highest BCUT2D eigenvalue weighted by Gasteiger charge is 1.85. The maximum Gasteiger partial charge on any atom is 0.0808 e. The molecule has 48 valence electrons. The van der Waals surface area contributed by atoms with E-state index in [1.807, 2.05) is 12.2 Å². The van der Waals surface area contributed by atoms with Crippen molar-refractivity contribution in [2.75, 3.05) is 13.1 Å². The Morgan fingerprint density at radius 1 is 1.75 bits per heavy atom. The predicted octanol–water partition coefficient (Wildman–Crippen LogP) is -2.29. The van der Waals surface area contributed by atoms with Crippen LogP contribution >= 0.6 is 0 Å². The van der Waals surface area contributed by atoms with Crippen molar-refractivity contribution in [3.05, 3.63) is 0 Å². The molecule has 0 aromatic rings. The molecule has 0 aliphatic carbocycles. The fourth-order valence-corrected chi connectivity index (χ4v) is 0.424. The van der Waals surface area contributed by atoms with Gasteiger partial charge in [0.05, 0.1) is 13.1 Å². The maximum absolute atomic E-state index is 9.74. The molecule has 0 radical (unpaired) electrons. The van der Waals surface area contributed by atoms with E-state index in [4.69, 9.17) is 0 Å². The first-order chi connectivity index (χ1) is 3.77. The average Bonchev–Trinajstić information content (AvgIpc) is 1.66. The summed E-state index contributed by atoms with van der Waals surface area (Å²) in [4.78, 5) is 9.74. The number of aliphatic carboxylic acids is 1. The van der Waals surface area contributed by atoms with Gasteiger partial charge in [0.2, 0.25) is 0 Å². The summed E-state index contributed by atoms with van der Waals surface area (Å²) in [5.41, 5.74) is 0. The number of carbonyl (C=O) groups is 1. The molecule has 0 amide bonds. The fraction of sp³-hybridized carbons (Fsp3) is 0.800. The highest BCUT2D eigenvalue weighted by atomic mass is 16.4. The van der Waals surface area contributed by atoms with Gasteiger partial charge in [0.25, 0.3) is 0 Å². The molecule has 0 bridgehead atoms. The largest absolute Gasteiger partial charge is 0.550 e. The minimum absolute atomic E-state index is 0.161. The van der Waals surface area contributed by atoms with E-state index in [0.29, 0.717) is 6.54 Å². The molecule has 0 spiro atoms. The number of rotatable bonds is 4. The standard InChI is InChI=1S/C5H11NO2/c1-2-6-4-3-5(7)8/h6H,2-4H2,1H3,(H,7,8). The van der Waals surface area contributed by atoms with Crippen molar-refractivity contribution >= 4 is 5.97 Å². The number of quaternary nitrogens is 1. The topological polar surface area (TPSA) is 56.7 Å². The van der Waals surface area contributed by atoms with Crippen LogP contribution in [0.15, 0.2) is 0 Å². The Labute approximate surface area is 48.7 Å². The third-order valence-electron chi connectivity index (χ3n) is 0.841. The molecule has 3 heteroatoms. The van der Waals surface area contributed by atoms with Crippen LogP contribution in [-0.2, 0) is 4.79 Å². The smallest absolute Gasteiger partial charge is 0.0808 e. The number of carboxylic acids is 1. The normalized spacial score (nSPS) is 9.12. The third kappa shape index (κ3) is 5.43. The zero-order chi connectivity index (χ0) is 6.41. The molecule has 0 unspecified atom stereocenters. The summed E-state index contributed by atoms with van der Waals surface area (Å²) in [5.74, 6) is -0.963. The number of nitrogens with two attached hydrogens (primary N) is 1.